The van der Waals surface area contributed by atoms with E-state index in [1.165, 1.54) is 0 Å². The van der Waals surface area contributed by atoms with Gasteiger partial charge in [0.2, 0.25) is 0 Å². The molecule has 0 amide bonds. The molecule has 0 aliphatic rings. The van der Waals surface area contributed by atoms with Gasteiger partial charge in [-0.15, -0.1) is 24.0 Å². The minimum atomic E-state index is 0. The van der Waals surface area contributed by atoms with Crippen LogP contribution in [0, 0.1) is 0 Å². The standard InChI is InChI=1S/C21H25N3O3.HI/c1-22-21(23-15-19-13-16-7-3-4-10-20(16)27-19)24-17-8-5-9-18(14-17)26-12-6-11-25-2;/h3-5,7-10,13-14H,6,11-12,15H2,1-2H3,(H2,22,23,24);1H. The van der Waals surface area contributed by atoms with E-state index in [0.29, 0.717) is 25.7 Å². The molecule has 6 nitrogen and oxygen atoms in total. The first-order valence-electron chi connectivity index (χ1n) is 8.95. The highest BCUT2D eigenvalue weighted by Crippen LogP contribution is 2.19. The summed E-state index contributed by atoms with van der Waals surface area (Å²) in [7, 11) is 3.42. The van der Waals surface area contributed by atoms with E-state index in [9.17, 15) is 0 Å². The summed E-state index contributed by atoms with van der Waals surface area (Å²) in [5, 5.41) is 7.62. The minimum Gasteiger partial charge on any atom is -0.493 e. The van der Waals surface area contributed by atoms with Crippen molar-refractivity contribution in [2.24, 2.45) is 4.99 Å². The summed E-state index contributed by atoms with van der Waals surface area (Å²) in [5.41, 5.74) is 1.78. The number of furan rings is 1. The molecule has 0 unspecified atom stereocenters. The Hall–Kier alpha value is -2.26. The molecule has 0 fully saturated rings. The molecule has 1 heterocycles. The monoisotopic (exact) mass is 495 g/mol. The van der Waals surface area contributed by atoms with Crippen molar-refractivity contribution in [1.29, 1.82) is 0 Å². The van der Waals surface area contributed by atoms with Gasteiger partial charge in [0.1, 0.15) is 17.1 Å². The average molecular weight is 495 g/mol. The van der Waals surface area contributed by atoms with Gasteiger partial charge < -0.3 is 24.5 Å². The second-order valence-corrected chi connectivity index (χ2v) is 6.02. The van der Waals surface area contributed by atoms with Crippen LogP contribution in [-0.4, -0.2) is 33.3 Å². The molecular formula is C21H26IN3O3. The fourth-order valence-corrected chi connectivity index (χ4v) is 2.67. The van der Waals surface area contributed by atoms with E-state index >= 15 is 0 Å². The van der Waals surface area contributed by atoms with E-state index in [4.69, 9.17) is 13.9 Å². The summed E-state index contributed by atoms with van der Waals surface area (Å²) in [6, 6.07) is 17.8. The quantitative estimate of drug-likeness (QED) is 0.206. The van der Waals surface area contributed by atoms with Gasteiger partial charge in [-0.3, -0.25) is 4.99 Å². The number of halogens is 1. The maximum Gasteiger partial charge on any atom is 0.195 e. The highest BCUT2D eigenvalue weighted by atomic mass is 127. The van der Waals surface area contributed by atoms with Crippen molar-refractivity contribution < 1.29 is 13.9 Å². The lowest BCUT2D eigenvalue weighted by molar-refractivity contribution is 0.172. The molecule has 150 valence electrons. The fraction of sp³-hybridized carbons (Fsp3) is 0.286. The number of benzene rings is 2. The Bertz CT molecular complexity index is 862. The van der Waals surface area contributed by atoms with Crippen LogP contribution in [0.2, 0.25) is 0 Å². The molecule has 0 spiro atoms. The molecule has 0 atom stereocenters. The molecule has 28 heavy (non-hydrogen) atoms. The Kier molecular flexibility index (Phi) is 9.09. The number of para-hydroxylation sites is 1. The first-order chi connectivity index (χ1) is 13.3. The van der Waals surface area contributed by atoms with Crippen LogP contribution in [0.25, 0.3) is 11.0 Å². The molecule has 2 N–H and O–H groups in total. The zero-order chi connectivity index (χ0) is 18.9. The predicted octanol–water partition coefficient (Wildman–Crippen LogP) is 4.65. The van der Waals surface area contributed by atoms with E-state index in [1.807, 2.05) is 54.6 Å². The summed E-state index contributed by atoms with van der Waals surface area (Å²) >= 11 is 0. The number of nitrogens with zero attached hydrogens (tertiary/aromatic N) is 1. The Balaban J connectivity index is 0.00000280. The molecular weight excluding hydrogens is 469 g/mol. The number of ether oxygens (including phenoxy) is 2. The summed E-state index contributed by atoms with van der Waals surface area (Å²) < 4.78 is 16.6. The number of anilines is 1. The lowest BCUT2D eigenvalue weighted by atomic mass is 10.2. The molecule has 3 aromatic rings. The van der Waals surface area contributed by atoms with Gasteiger partial charge in [0.25, 0.3) is 0 Å². The van der Waals surface area contributed by atoms with E-state index in [-0.39, 0.29) is 24.0 Å². The van der Waals surface area contributed by atoms with Crippen LogP contribution in [0.4, 0.5) is 5.69 Å². The third kappa shape index (κ3) is 6.42. The summed E-state index contributed by atoms with van der Waals surface area (Å²) in [6.45, 7) is 1.86. The van der Waals surface area contributed by atoms with Gasteiger partial charge in [0.15, 0.2) is 5.96 Å². The minimum absolute atomic E-state index is 0. The number of hydrogen-bond donors (Lipinski definition) is 2. The first kappa shape index (κ1) is 22.0. The van der Waals surface area contributed by atoms with Crippen molar-refractivity contribution in [3.05, 3.63) is 60.4 Å². The molecule has 0 saturated heterocycles. The average Bonchev–Trinajstić information content (AvgIpc) is 3.12. The van der Waals surface area contributed by atoms with Crippen molar-refractivity contribution >= 4 is 46.6 Å². The zero-order valence-electron chi connectivity index (χ0n) is 16.1. The molecule has 0 aliphatic carbocycles. The first-order valence-corrected chi connectivity index (χ1v) is 8.95. The largest absolute Gasteiger partial charge is 0.493 e. The lowest BCUT2D eigenvalue weighted by Gasteiger charge is -2.12. The zero-order valence-corrected chi connectivity index (χ0v) is 18.4. The maximum atomic E-state index is 5.82. The topological polar surface area (TPSA) is 68.0 Å². The third-order valence-electron chi connectivity index (χ3n) is 3.99. The van der Waals surface area contributed by atoms with Crippen LogP contribution in [0.5, 0.6) is 5.75 Å². The highest BCUT2D eigenvalue weighted by Gasteiger charge is 2.05. The normalized spacial score (nSPS) is 11.1. The van der Waals surface area contributed by atoms with Crippen LogP contribution in [-0.2, 0) is 11.3 Å². The van der Waals surface area contributed by atoms with Crippen LogP contribution >= 0.6 is 24.0 Å². The number of aliphatic imine (C=N–C) groups is 1. The second kappa shape index (κ2) is 11.6. The number of methoxy groups -OCH3 is 1. The Morgan fingerprint density at radius 2 is 1.93 bits per heavy atom. The molecule has 0 aliphatic heterocycles. The smallest absolute Gasteiger partial charge is 0.195 e. The number of guanidine groups is 1. The van der Waals surface area contributed by atoms with Gasteiger partial charge in [-0.25, -0.2) is 0 Å². The number of nitrogens with one attached hydrogen (secondary N) is 2. The van der Waals surface area contributed by atoms with Crippen molar-refractivity contribution in [3.63, 3.8) is 0 Å². The SMILES string of the molecule is CN=C(NCc1cc2ccccc2o1)Nc1cccc(OCCCOC)c1.I. The Morgan fingerprint density at radius 3 is 2.71 bits per heavy atom. The van der Waals surface area contributed by atoms with E-state index < -0.39 is 0 Å². The van der Waals surface area contributed by atoms with E-state index in [0.717, 1.165) is 34.6 Å². The lowest BCUT2D eigenvalue weighted by Crippen LogP contribution is -2.30. The van der Waals surface area contributed by atoms with Crippen LogP contribution in [0.15, 0.2) is 64.0 Å². The number of fused-ring (bicyclic) bond motifs is 1. The van der Waals surface area contributed by atoms with Crippen molar-refractivity contribution in [2.45, 2.75) is 13.0 Å². The number of hydrogen-bond acceptors (Lipinski definition) is 4. The van der Waals surface area contributed by atoms with Crippen molar-refractivity contribution in [3.8, 4) is 5.75 Å². The van der Waals surface area contributed by atoms with Crippen molar-refractivity contribution in [2.75, 3.05) is 32.7 Å². The highest BCUT2D eigenvalue weighted by molar-refractivity contribution is 14.0. The molecule has 0 radical (unpaired) electrons. The molecule has 1 aromatic heterocycles. The van der Waals surface area contributed by atoms with E-state index in [1.54, 1.807) is 14.2 Å². The summed E-state index contributed by atoms with van der Waals surface area (Å²) in [4.78, 5) is 4.26. The molecule has 0 saturated carbocycles. The molecule has 3 rings (SSSR count). The van der Waals surface area contributed by atoms with Crippen LogP contribution in [0.3, 0.4) is 0 Å². The Labute approximate surface area is 182 Å². The second-order valence-electron chi connectivity index (χ2n) is 6.02. The molecule has 2 aromatic carbocycles. The summed E-state index contributed by atoms with van der Waals surface area (Å²) in [6.07, 6.45) is 0.856. The maximum absolute atomic E-state index is 5.82. The van der Waals surface area contributed by atoms with Crippen LogP contribution in [0.1, 0.15) is 12.2 Å². The van der Waals surface area contributed by atoms with Gasteiger partial charge in [-0.2, -0.15) is 0 Å². The van der Waals surface area contributed by atoms with Crippen LogP contribution < -0.4 is 15.4 Å². The van der Waals surface area contributed by atoms with Gasteiger partial charge >= 0.3 is 0 Å². The van der Waals surface area contributed by atoms with Crippen molar-refractivity contribution in [1.82, 2.24) is 5.32 Å². The van der Waals surface area contributed by atoms with Gasteiger partial charge in [0, 0.05) is 44.3 Å². The van der Waals surface area contributed by atoms with Gasteiger partial charge in [0.05, 0.1) is 13.2 Å². The fourth-order valence-electron chi connectivity index (χ4n) is 2.67. The van der Waals surface area contributed by atoms with Gasteiger partial charge in [-0.05, 0) is 24.3 Å². The van der Waals surface area contributed by atoms with E-state index in [2.05, 4.69) is 15.6 Å². The Morgan fingerprint density at radius 1 is 1.07 bits per heavy atom. The predicted molar refractivity (Wildman–Crippen MR) is 124 cm³/mol. The molecule has 7 heteroatoms. The molecule has 0 bridgehead atoms. The number of rotatable bonds is 8. The third-order valence-corrected chi connectivity index (χ3v) is 3.99. The summed E-state index contributed by atoms with van der Waals surface area (Å²) in [5.74, 6) is 2.32. The van der Waals surface area contributed by atoms with Gasteiger partial charge in [-0.1, -0.05) is 24.3 Å².